The highest BCUT2D eigenvalue weighted by molar-refractivity contribution is 6.04. The molecule has 0 aliphatic rings. The molecule has 0 saturated heterocycles. The number of rotatable bonds is 4. The van der Waals surface area contributed by atoms with Gasteiger partial charge in [0.1, 0.15) is 5.92 Å². The van der Waals surface area contributed by atoms with E-state index in [1.54, 1.807) is 25.3 Å². The van der Waals surface area contributed by atoms with Crippen LogP contribution >= 0.6 is 0 Å². The molecule has 0 aliphatic carbocycles. The van der Waals surface area contributed by atoms with Crippen LogP contribution in [0, 0.1) is 5.92 Å². The van der Waals surface area contributed by atoms with E-state index >= 15 is 0 Å². The fraction of sp³-hybridized carbons (Fsp3) is 0.364. The number of hydrogen-bond acceptors (Lipinski definition) is 4. The van der Waals surface area contributed by atoms with Crippen molar-refractivity contribution in [2.75, 3.05) is 12.4 Å². The van der Waals surface area contributed by atoms with E-state index in [9.17, 15) is 9.59 Å². The summed E-state index contributed by atoms with van der Waals surface area (Å²) in [5, 5.41) is 2.61. The van der Waals surface area contributed by atoms with E-state index in [4.69, 9.17) is 0 Å². The summed E-state index contributed by atoms with van der Waals surface area (Å²) in [6.45, 7) is 1.75. The highest BCUT2D eigenvalue weighted by atomic mass is 16.5. The quantitative estimate of drug-likeness (QED) is 0.614. The number of carbonyl (C=O) groups excluding carboxylic acids is 2. The number of aromatic nitrogens is 1. The predicted octanol–water partition coefficient (Wildman–Crippen LogP) is 1.22. The molecule has 5 nitrogen and oxygen atoms in total. The fourth-order valence-corrected chi connectivity index (χ4v) is 1.27. The Balaban J connectivity index is 2.67. The summed E-state index contributed by atoms with van der Waals surface area (Å²) < 4.78 is 4.55. The third-order valence-electron chi connectivity index (χ3n) is 2.14. The van der Waals surface area contributed by atoms with Crippen molar-refractivity contribution in [3.8, 4) is 0 Å². The first-order valence-corrected chi connectivity index (χ1v) is 4.97. The van der Waals surface area contributed by atoms with Crippen molar-refractivity contribution in [2.24, 2.45) is 5.92 Å². The molecule has 86 valence electrons. The normalized spacial score (nSPS) is 11.6. The maximum absolute atomic E-state index is 11.7. The van der Waals surface area contributed by atoms with Gasteiger partial charge in [0.25, 0.3) is 0 Å². The van der Waals surface area contributed by atoms with Crippen LogP contribution in [-0.4, -0.2) is 24.0 Å². The van der Waals surface area contributed by atoms with Gasteiger partial charge in [-0.25, -0.2) is 0 Å². The Hall–Kier alpha value is -1.91. The van der Waals surface area contributed by atoms with E-state index in [0.717, 1.165) is 0 Å². The van der Waals surface area contributed by atoms with E-state index in [1.165, 1.54) is 13.3 Å². The Morgan fingerprint density at radius 3 is 2.81 bits per heavy atom. The number of ether oxygens (including phenoxy) is 1. The number of methoxy groups -OCH3 is 1. The number of esters is 1. The zero-order valence-electron chi connectivity index (χ0n) is 9.27. The van der Waals surface area contributed by atoms with Gasteiger partial charge in [-0.05, 0) is 18.6 Å². The molecule has 0 radical (unpaired) electrons. The number of amides is 1. The molecule has 0 fully saturated rings. The van der Waals surface area contributed by atoms with Crippen LogP contribution in [0.3, 0.4) is 0 Å². The smallest absolute Gasteiger partial charge is 0.318 e. The molecule has 1 N–H and O–H groups in total. The van der Waals surface area contributed by atoms with E-state index in [2.05, 4.69) is 15.0 Å². The Morgan fingerprint density at radius 1 is 1.56 bits per heavy atom. The van der Waals surface area contributed by atoms with Gasteiger partial charge in [0.2, 0.25) is 5.91 Å². The van der Waals surface area contributed by atoms with E-state index in [0.29, 0.717) is 12.1 Å². The SMILES string of the molecule is CCC(C(=O)Nc1cccnc1)C(=O)OC. The second kappa shape index (κ2) is 5.85. The van der Waals surface area contributed by atoms with Crippen LogP contribution in [0.15, 0.2) is 24.5 Å². The average molecular weight is 222 g/mol. The first-order valence-electron chi connectivity index (χ1n) is 4.97. The second-order valence-electron chi connectivity index (χ2n) is 3.21. The van der Waals surface area contributed by atoms with Crippen LogP contribution in [0.5, 0.6) is 0 Å². The number of pyridine rings is 1. The Labute approximate surface area is 93.8 Å². The lowest BCUT2D eigenvalue weighted by molar-refractivity contribution is -0.148. The van der Waals surface area contributed by atoms with Crippen LogP contribution in [0.2, 0.25) is 0 Å². The number of nitrogens with one attached hydrogen (secondary N) is 1. The van der Waals surface area contributed by atoms with Crippen molar-refractivity contribution in [1.82, 2.24) is 4.98 Å². The van der Waals surface area contributed by atoms with Gasteiger partial charge in [0.05, 0.1) is 19.0 Å². The van der Waals surface area contributed by atoms with Crippen LogP contribution in [-0.2, 0) is 14.3 Å². The van der Waals surface area contributed by atoms with Crippen LogP contribution in [0.25, 0.3) is 0 Å². The van der Waals surface area contributed by atoms with Gasteiger partial charge in [-0.3, -0.25) is 14.6 Å². The lowest BCUT2D eigenvalue weighted by Crippen LogP contribution is -2.30. The molecule has 1 atom stereocenters. The van der Waals surface area contributed by atoms with Gasteiger partial charge in [-0.15, -0.1) is 0 Å². The maximum Gasteiger partial charge on any atom is 0.318 e. The second-order valence-corrected chi connectivity index (χ2v) is 3.21. The average Bonchev–Trinajstić information content (AvgIpc) is 2.31. The molecule has 1 heterocycles. The van der Waals surface area contributed by atoms with Crippen molar-refractivity contribution < 1.29 is 14.3 Å². The molecule has 0 aromatic carbocycles. The van der Waals surface area contributed by atoms with Gasteiger partial charge in [0, 0.05) is 6.20 Å². The maximum atomic E-state index is 11.7. The van der Waals surface area contributed by atoms with Crippen LogP contribution in [0.4, 0.5) is 5.69 Å². The van der Waals surface area contributed by atoms with Gasteiger partial charge >= 0.3 is 5.97 Å². The van der Waals surface area contributed by atoms with Crippen molar-refractivity contribution in [1.29, 1.82) is 0 Å². The van der Waals surface area contributed by atoms with Gasteiger partial charge in [-0.1, -0.05) is 6.92 Å². The largest absolute Gasteiger partial charge is 0.468 e. The van der Waals surface area contributed by atoms with E-state index < -0.39 is 11.9 Å². The first kappa shape index (κ1) is 12.2. The van der Waals surface area contributed by atoms with Gasteiger partial charge in [0.15, 0.2) is 0 Å². The Bertz CT molecular complexity index is 365. The third kappa shape index (κ3) is 3.05. The molecule has 5 heteroatoms. The zero-order chi connectivity index (χ0) is 12.0. The molecule has 1 aromatic heterocycles. The predicted molar refractivity (Wildman–Crippen MR) is 58.7 cm³/mol. The summed E-state index contributed by atoms with van der Waals surface area (Å²) in [5.74, 6) is -1.67. The Morgan fingerprint density at radius 2 is 2.31 bits per heavy atom. The molecule has 0 saturated carbocycles. The molecule has 1 unspecified atom stereocenters. The van der Waals surface area contributed by atoms with Gasteiger partial charge < -0.3 is 10.1 Å². The first-order chi connectivity index (χ1) is 7.69. The number of anilines is 1. The summed E-state index contributed by atoms with van der Waals surface area (Å²) in [6.07, 6.45) is 3.52. The van der Waals surface area contributed by atoms with E-state index in [-0.39, 0.29) is 5.91 Å². The topological polar surface area (TPSA) is 68.3 Å². The number of carbonyl (C=O) groups is 2. The lowest BCUT2D eigenvalue weighted by Gasteiger charge is -2.12. The lowest BCUT2D eigenvalue weighted by atomic mass is 10.1. The molecular formula is C11H14N2O3. The minimum atomic E-state index is -0.773. The highest BCUT2D eigenvalue weighted by Gasteiger charge is 2.25. The van der Waals surface area contributed by atoms with Crippen molar-refractivity contribution in [3.05, 3.63) is 24.5 Å². The van der Waals surface area contributed by atoms with Crippen molar-refractivity contribution in [3.63, 3.8) is 0 Å². The van der Waals surface area contributed by atoms with Crippen molar-refractivity contribution in [2.45, 2.75) is 13.3 Å². The minimum Gasteiger partial charge on any atom is -0.468 e. The molecule has 16 heavy (non-hydrogen) atoms. The van der Waals surface area contributed by atoms with Crippen molar-refractivity contribution >= 4 is 17.6 Å². The molecule has 1 aromatic rings. The summed E-state index contributed by atoms with van der Waals surface area (Å²) in [4.78, 5) is 26.8. The monoisotopic (exact) mass is 222 g/mol. The molecule has 1 amide bonds. The fourth-order valence-electron chi connectivity index (χ4n) is 1.27. The van der Waals surface area contributed by atoms with Crippen LogP contribution in [0.1, 0.15) is 13.3 Å². The summed E-state index contributed by atoms with van der Waals surface area (Å²) in [5.41, 5.74) is 0.565. The van der Waals surface area contributed by atoms with Gasteiger partial charge in [-0.2, -0.15) is 0 Å². The summed E-state index contributed by atoms with van der Waals surface area (Å²) in [7, 11) is 1.27. The third-order valence-corrected chi connectivity index (χ3v) is 2.14. The minimum absolute atomic E-state index is 0.373. The molecule has 0 bridgehead atoms. The standard InChI is InChI=1S/C11H14N2O3/c1-3-9(11(15)16-2)10(14)13-8-5-4-6-12-7-8/h4-7,9H,3H2,1-2H3,(H,13,14). The zero-order valence-corrected chi connectivity index (χ0v) is 9.27. The molecule has 1 rings (SSSR count). The molecule has 0 spiro atoms. The summed E-state index contributed by atoms with van der Waals surface area (Å²) in [6, 6.07) is 3.41. The summed E-state index contributed by atoms with van der Waals surface area (Å²) >= 11 is 0. The van der Waals surface area contributed by atoms with Crippen LogP contribution < -0.4 is 5.32 Å². The highest BCUT2D eigenvalue weighted by Crippen LogP contribution is 2.10. The number of hydrogen-bond donors (Lipinski definition) is 1. The number of nitrogens with zero attached hydrogens (tertiary/aromatic N) is 1. The molecular weight excluding hydrogens is 208 g/mol. The Kier molecular flexibility index (Phi) is 4.44. The molecule has 0 aliphatic heterocycles. The van der Waals surface area contributed by atoms with E-state index in [1.807, 2.05) is 0 Å².